The van der Waals surface area contributed by atoms with E-state index in [4.69, 9.17) is 11.6 Å². The Morgan fingerprint density at radius 1 is 1.47 bits per heavy atom. The van der Waals surface area contributed by atoms with Gasteiger partial charge in [-0.1, -0.05) is 25.4 Å². The molecule has 94 valence electrons. The lowest BCUT2D eigenvalue weighted by atomic mass is 9.82. The van der Waals surface area contributed by atoms with E-state index in [2.05, 4.69) is 39.7 Å². The lowest BCUT2D eigenvalue weighted by molar-refractivity contribution is 0.301. The Morgan fingerprint density at radius 3 is 2.71 bits per heavy atom. The van der Waals surface area contributed by atoms with Gasteiger partial charge in [0.05, 0.1) is 9.50 Å². The van der Waals surface area contributed by atoms with Crippen molar-refractivity contribution in [2.45, 2.75) is 33.1 Å². The van der Waals surface area contributed by atoms with Crippen LogP contribution in [0.25, 0.3) is 0 Å². The molecule has 1 aliphatic rings. The van der Waals surface area contributed by atoms with Crippen molar-refractivity contribution in [3.63, 3.8) is 0 Å². The van der Waals surface area contributed by atoms with Gasteiger partial charge in [0.1, 0.15) is 5.82 Å². The molecule has 0 amide bonds. The summed E-state index contributed by atoms with van der Waals surface area (Å²) in [6.07, 6.45) is 5.46. The standard InChI is InChI=1S/C13H18BrClN2/c1-3-13(4-2)5-6-17(9-13)12-11(14)7-10(15)8-16-12/h7-8H,3-6,9H2,1-2H3. The van der Waals surface area contributed by atoms with Gasteiger partial charge in [0.2, 0.25) is 0 Å². The van der Waals surface area contributed by atoms with Crippen LogP contribution in [0.5, 0.6) is 0 Å². The molecular weight excluding hydrogens is 300 g/mol. The zero-order valence-electron chi connectivity index (χ0n) is 10.3. The van der Waals surface area contributed by atoms with E-state index in [1.807, 2.05) is 6.07 Å². The van der Waals surface area contributed by atoms with Crippen LogP contribution in [0, 0.1) is 5.41 Å². The number of hydrogen-bond donors (Lipinski definition) is 0. The molecule has 1 saturated heterocycles. The van der Waals surface area contributed by atoms with E-state index in [-0.39, 0.29) is 0 Å². The lowest BCUT2D eigenvalue weighted by Crippen LogP contribution is -2.26. The largest absolute Gasteiger partial charge is 0.355 e. The highest BCUT2D eigenvalue weighted by atomic mass is 79.9. The molecule has 1 aromatic heterocycles. The second-order valence-corrected chi connectivity index (χ2v) is 6.13. The molecule has 0 spiro atoms. The highest BCUT2D eigenvalue weighted by Gasteiger charge is 2.35. The fourth-order valence-corrected chi connectivity index (χ4v) is 3.47. The highest BCUT2D eigenvalue weighted by molar-refractivity contribution is 9.10. The smallest absolute Gasteiger partial charge is 0.142 e. The maximum Gasteiger partial charge on any atom is 0.142 e. The predicted octanol–water partition coefficient (Wildman–Crippen LogP) is 4.51. The first-order valence-electron chi connectivity index (χ1n) is 6.16. The van der Waals surface area contributed by atoms with Gasteiger partial charge in [0, 0.05) is 19.3 Å². The molecule has 17 heavy (non-hydrogen) atoms. The summed E-state index contributed by atoms with van der Waals surface area (Å²) in [7, 11) is 0. The van der Waals surface area contributed by atoms with Crippen molar-refractivity contribution in [2.75, 3.05) is 18.0 Å². The average Bonchev–Trinajstić information content (AvgIpc) is 2.74. The first kappa shape index (κ1) is 13.2. The van der Waals surface area contributed by atoms with Crippen molar-refractivity contribution in [1.82, 2.24) is 4.98 Å². The second kappa shape index (κ2) is 5.15. The number of rotatable bonds is 3. The normalized spacial score (nSPS) is 18.7. The molecule has 1 fully saturated rings. The minimum absolute atomic E-state index is 0.473. The van der Waals surface area contributed by atoms with Gasteiger partial charge >= 0.3 is 0 Å². The monoisotopic (exact) mass is 316 g/mol. The van der Waals surface area contributed by atoms with Crippen LogP contribution in [0.15, 0.2) is 16.7 Å². The Balaban J connectivity index is 2.20. The van der Waals surface area contributed by atoms with Crippen LogP contribution in [0.1, 0.15) is 33.1 Å². The zero-order valence-corrected chi connectivity index (χ0v) is 12.7. The average molecular weight is 318 g/mol. The van der Waals surface area contributed by atoms with Crippen LogP contribution in [0.2, 0.25) is 5.02 Å². The van der Waals surface area contributed by atoms with Gasteiger partial charge in [-0.05, 0) is 46.7 Å². The molecule has 2 rings (SSSR count). The molecular formula is C13H18BrClN2. The third kappa shape index (κ3) is 2.60. The molecule has 0 unspecified atom stereocenters. The van der Waals surface area contributed by atoms with Gasteiger partial charge in [-0.3, -0.25) is 0 Å². The summed E-state index contributed by atoms with van der Waals surface area (Å²) in [6.45, 7) is 6.77. The zero-order chi connectivity index (χ0) is 12.5. The highest BCUT2D eigenvalue weighted by Crippen LogP contribution is 2.40. The fourth-order valence-electron chi connectivity index (χ4n) is 2.58. The van der Waals surface area contributed by atoms with Crippen molar-refractivity contribution in [1.29, 1.82) is 0 Å². The molecule has 4 heteroatoms. The molecule has 1 aliphatic heterocycles. The van der Waals surface area contributed by atoms with Gasteiger partial charge < -0.3 is 4.90 Å². The number of pyridine rings is 1. The third-order valence-electron chi connectivity index (χ3n) is 4.03. The van der Waals surface area contributed by atoms with Crippen molar-refractivity contribution in [3.05, 3.63) is 21.8 Å². The van der Waals surface area contributed by atoms with E-state index in [9.17, 15) is 0 Å². The minimum atomic E-state index is 0.473. The minimum Gasteiger partial charge on any atom is -0.355 e. The molecule has 0 N–H and O–H groups in total. The summed E-state index contributed by atoms with van der Waals surface area (Å²) in [4.78, 5) is 6.81. The van der Waals surface area contributed by atoms with Crippen molar-refractivity contribution < 1.29 is 0 Å². The van der Waals surface area contributed by atoms with Crippen LogP contribution >= 0.6 is 27.5 Å². The Labute approximate surface area is 116 Å². The summed E-state index contributed by atoms with van der Waals surface area (Å²) in [5, 5.41) is 0.678. The molecule has 2 nitrogen and oxygen atoms in total. The lowest BCUT2D eigenvalue weighted by Gasteiger charge is -2.27. The van der Waals surface area contributed by atoms with Crippen LogP contribution in [0.3, 0.4) is 0 Å². The first-order valence-corrected chi connectivity index (χ1v) is 7.33. The van der Waals surface area contributed by atoms with E-state index in [0.29, 0.717) is 10.4 Å². The van der Waals surface area contributed by atoms with E-state index in [1.165, 1.54) is 19.3 Å². The summed E-state index contributed by atoms with van der Waals surface area (Å²) in [5.41, 5.74) is 0.473. The van der Waals surface area contributed by atoms with Crippen molar-refractivity contribution in [3.8, 4) is 0 Å². The van der Waals surface area contributed by atoms with Gasteiger partial charge in [-0.2, -0.15) is 0 Å². The van der Waals surface area contributed by atoms with Gasteiger partial charge in [0.15, 0.2) is 0 Å². The number of halogens is 2. The Hall–Kier alpha value is -0.280. The SMILES string of the molecule is CCC1(CC)CCN(c2ncc(Cl)cc2Br)C1. The van der Waals surface area contributed by atoms with E-state index in [0.717, 1.165) is 23.4 Å². The summed E-state index contributed by atoms with van der Waals surface area (Å²) in [5.74, 6) is 1.03. The van der Waals surface area contributed by atoms with E-state index >= 15 is 0 Å². The van der Waals surface area contributed by atoms with Crippen LogP contribution in [0.4, 0.5) is 5.82 Å². The topological polar surface area (TPSA) is 16.1 Å². The molecule has 0 radical (unpaired) electrons. The van der Waals surface area contributed by atoms with Crippen molar-refractivity contribution in [2.24, 2.45) is 5.41 Å². The van der Waals surface area contributed by atoms with E-state index < -0.39 is 0 Å². The Bertz CT molecular complexity index is 404. The molecule has 0 aromatic carbocycles. The maximum atomic E-state index is 5.92. The third-order valence-corrected chi connectivity index (χ3v) is 4.82. The summed E-state index contributed by atoms with van der Waals surface area (Å²) < 4.78 is 0.994. The second-order valence-electron chi connectivity index (χ2n) is 4.84. The van der Waals surface area contributed by atoms with Crippen LogP contribution in [-0.4, -0.2) is 18.1 Å². The molecule has 2 heterocycles. The first-order chi connectivity index (χ1) is 8.10. The Kier molecular flexibility index (Phi) is 3.99. The predicted molar refractivity (Wildman–Crippen MR) is 76.8 cm³/mol. The molecule has 0 aliphatic carbocycles. The number of aromatic nitrogens is 1. The van der Waals surface area contributed by atoms with Gasteiger partial charge in [-0.15, -0.1) is 0 Å². The fraction of sp³-hybridized carbons (Fsp3) is 0.615. The molecule has 0 bridgehead atoms. The van der Waals surface area contributed by atoms with Gasteiger partial charge in [0.25, 0.3) is 0 Å². The van der Waals surface area contributed by atoms with E-state index in [1.54, 1.807) is 6.20 Å². The van der Waals surface area contributed by atoms with Crippen LogP contribution in [-0.2, 0) is 0 Å². The van der Waals surface area contributed by atoms with Crippen molar-refractivity contribution >= 4 is 33.3 Å². The number of anilines is 1. The van der Waals surface area contributed by atoms with Gasteiger partial charge in [-0.25, -0.2) is 4.98 Å². The number of hydrogen-bond acceptors (Lipinski definition) is 2. The summed E-state index contributed by atoms with van der Waals surface area (Å²) >= 11 is 9.47. The molecule has 0 atom stereocenters. The molecule has 1 aromatic rings. The molecule has 0 saturated carbocycles. The van der Waals surface area contributed by atoms with Crippen LogP contribution < -0.4 is 4.90 Å². The summed E-state index contributed by atoms with van der Waals surface area (Å²) in [6, 6.07) is 1.92. The maximum absolute atomic E-state index is 5.92. The quantitative estimate of drug-likeness (QED) is 0.815. The Morgan fingerprint density at radius 2 is 2.18 bits per heavy atom. The number of nitrogens with zero attached hydrogens (tertiary/aromatic N) is 2.